The fourth-order valence-electron chi connectivity index (χ4n) is 3.02. The van der Waals surface area contributed by atoms with E-state index in [0.29, 0.717) is 32.5 Å². The number of amides is 2. The lowest BCUT2D eigenvalue weighted by atomic mass is 9.97. The number of benzene rings is 2. The summed E-state index contributed by atoms with van der Waals surface area (Å²) in [5, 5.41) is 2.87. The van der Waals surface area contributed by atoms with Crippen molar-refractivity contribution < 1.29 is 19.1 Å². The normalized spacial score (nSPS) is 14.4. The number of halogens is 1. The van der Waals surface area contributed by atoms with Gasteiger partial charge >= 0.3 is 12.0 Å². The predicted molar refractivity (Wildman–Crippen MR) is 110 cm³/mol. The van der Waals surface area contributed by atoms with Gasteiger partial charge in [0.05, 0.1) is 5.92 Å². The van der Waals surface area contributed by atoms with E-state index in [1.807, 2.05) is 54.6 Å². The van der Waals surface area contributed by atoms with Crippen molar-refractivity contribution in [1.82, 2.24) is 4.90 Å². The van der Waals surface area contributed by atoms with Crippen LogP contribution in [0, 0.1) is 5.92 Å². The fraction of sp³-hybridized carbons (Fsp3) is 0.333. The van der Waals surface area contributed by atoms with Gasteiger partial charge in [-0.3, -0.25) is 4.79 Å². The van der Waals surface area contributed by atoms with Gasteiger partial charge in [0.1, 0.15) is 19.0 Å². The van der Waals surface area contributed by atoms with Gasteiger partial charge in [0.25, 0.3) is 0 Å². The molecule has 1 saturated heterocycles. The average Bonchev–Trinajstić information content (AvgIpc) is 2.72. The molecule has 3 rings (SSSR count). The molecule has 7 heteroatoms. The number of nitrogens with one attached hydrogen (secondary N) is 1. The van der Waals surface area contributed by atoms with Crippen molar-refractivity contribution in [2.24, 2.45) is 5.92 Å². The second kappa shape index (κ2) is 10.1. The summed E-state index contributed by atoms with van der Waals surface area (Å²) in [7, 11) is 0. The zero-order valence-electron chi connectivity index (χ0n) is 15.5. The van der Waals surface area contributed by atoms with Crippen molar-refractivity contribution >= 4 is 33.6 Å². The third kappa shape index (κ3) is 5.99. The third-order valence-corrected chi connectivity index (χ3v) is 5.03. The summed E-state index contributed by atoms with van der Waals surface area (Å²) in [5.41, 5.74) is 0.763. The Morgan fingerprint density at radius 1 is 1.04 bits per heavy atom. The van der Waals surface area contributed by atoms with Crippen molar-refractivity contribution in [3.63, 3.8) is 0 Å². The van der Waals surface area contributed by atoms with E-state index < -0.39 is 0 Å². The molecule has 0 saturated carbocycles. The Morgan fingerprint density at radius 2 is 1.79 bits per heavy atom. The molecule has 1 aliphatic rings. The highest BCUT2D eigenvalue weighted by Crippen LogP contribution is 2.20. The smallest absolute Gasteiger partial charge is 0.321 e. The second-order valence-electron chi connectivity index (χ2n) is 6.53. The fourth-order valence-corrected chi connectivity index (χ4v) is 3.40. The molecule has 1 heterocycles. The number of likely N-dealkylation sites (tertiary alicyclic amines) is 1. The molecular formula is C21H23BrN2O4. The van der Waals surface area contributed by atoms with Gasteiger partial charge in [0.2, 0.25) is 0 Å². The Balaban J connectivity index is 1.35. The van der Waals surface area contributed by atoms with Crippen molar-refractivity contribution in [2.75, 3.05) is 31.6 Å². The van der Waals surface area contributed by atoms with Gasteiger partial charge in [-0.2, -0.15) is 0 Å². The number of para-hydroxylation sites is 1. The van der Waals surface area contributed by atoms with Crippen LogP contribution in [0.3, 0.4) is 0 Å². The number of hydrogen-bond donors (Lipinski definition) is 1. The number of carbonyl (C=O) groups is 2. The summed E-state index contributed by atoms with van der Waals surface area (Å²) >= 11 is 3.38. The summed E-state index contributed by atoms with van der Waals surface area (Å²) in [6, 6.07) is 16.7. The molecular weight excluding hydrogens is 424 g/mol. The molecule has 0 atom stereocenters. The lowest BCUT2D eigenvalue weighted by Crippen LogP contribution is -2.42. The summed E-state index contributed by atoms with van der Waals surface area (Å²) < 4.78 is 11.8. The minimum absolute atomic E-state index is 0.138. The van der Waals surface area contributed by atoms with Gasteiger partial charge in [0.15, 0.2) is 0 Å². The Morgan fingerprint density at radius 3 is 2.50 bits per heavy atom. The molecule has 0 bridgehead atoms. The maximum Gasteiger partial charge on any atom is 0.321 e. The Labute approximate surface area is 172 Å². The van der Waals surface area contributed by atoms with Crippen LogP contribution in [0.5, 0.6) is 5.75 Å². The van der Waals surface area contributed by atoms with E-state index in [4.69, 9.17) is 9.47 Å². The molecule has 2 amide bonds. The first-order valence-electron chi connectivity index (χ1n) is 9.28. The first kappa shape index (κ1) is 20.2. The molecule has 2 aromatic rings. The molecule has 6 nitrogen and oxygen atoms in total. The molecule has 2 aromatic carbocycles. The van der Waals surface area contributed by atoms with Gasteiger partial charge in [-0.05, 0) is 43.2 Å². The number of hydrogen-bond acceptors (Lipinski definition) is 4. The highest BCUT2D eigenvalue weighted by molar-refractivity contribution is 9.10. The van der Waals surface area contributed by atoms with Crippen LogP contribution in [0.15, 0.2) is 59.1 Å². The summed E-state index contributed by atoms with van der Waals surface area (Å²) in [5.74, 6) is 0.329. The summed E-state index contributed by atoms with van der Waals surface area (Å²) in [6.45, 7) is 1.58. The second-order valence-corrected chi connectivity index (χ2v) is 7.45. The molecule has 0 radical (unpaired) electrons. The molecule has 1 N–H and O–H groups in total. The Bertz CT molecular complexity index is 792. The highest BCUT2D eigenvalue weighted by Gasteiger charge is 2.28. The number of piperidine rings is 1. The number of carbonyl (C=O) groups excluding carboxylic acids is 2. The topological polar surface area (TPSA) is 67.9 Å². The SMILES string of the molecule is O=C(OCCOc1cccc(Br)c1)C1CCN(C(=O)Nc2ccccc2)CC1. The Kier molecular flexibility index (Phi) is 7.31. The van der Waals surface area contributed by atoms with Gasteiger partial charge in [-0.1, -0.05) is 40.2 Å². The Hall–Kier alpha value is -2.54. The molecule has 148 valence electrons. The number of rotatable bonds is 6. The molecule has 0 aliphatic carbocycles. The largest absolute Gasteiger partial charge is 0.490 e. The number of nitrogens with zero attached hydrogens (tertiary/aromatic N) is 1. The molecule has 0 aromatic heterocycles. The number of ether oxygens (including phenoxy) is 2. The predicted octanol–water partition coefficient (Wildman–Crippen LogP) is 4.32. The lowest BCUT2D eigenvalue weighted by molar-refractivity contribution is -0.150. The van der Waals surface area contributed by atoms with Crippen LogP contribution in [0.1, 0.15) is 12.8 Å². The van der Waals surface area contributed by atoms with Crippen LogP contribution in [-0.2, 0) is 9.53 Å². The van der Waals surface area contributed by atoms with Crippen LogP contribution in [0.25, 0.3) is 0 Å². The lowest BCUT2D eigenvalue weighted by Gasteiger charge is -2.31. The van der Waals surface area contributed by atoms with E-state index in [-0.39, 0.29) is 24.5 Å². The zero-order valence-corrected chi connectivity index (χ0v) is 17.1. The highest BCUT2D eigenvalue weighted by atomic mass is 79.9. The van der Waals surface area contributed by atoms with Crippen LogP contribution in [0.2, 0.25) is 0 Å². The molecule has 28 heavy (non-hydrogen) atoms. The maximum atomic E-state index is 12.3. The van der Waals surface area contributed by atoms with E-state index in [9.17, 15) is 9.59 Å². The minimum atomic E-state index is -0.221. The van der Waals surface area contributed by atoms with Gasteiger partial charge < -0.3 is 19.7 Å². The number of esters is 1. The summed E-state index contributed by atoms with van der Waals surface area (Å²) in [6.07, 6.45) is 1.21. The van der Waals surface area contributed by atoms with Crippen molar-refractivity contribution in [1.29, 1.82) is 0 Å². The first-order valence-corrected chi connectivity index (χ1v) is 10.1. The van der Waals surface area contributed by atoms with E-state index in [0.717, 1.165) is 15.9 Å². The quantitative estimate of drug-likeness (QED) is 0.529. The maximum absolute atomic E-state index is 12.3. The van der Waals surface area contributed by atoms with Gasteiger partial charge in [-0.25, -0.2) is 4.79 Å². The first-order chi connectivity index (χ1) is 13.6. The van der Waals surface area contributed by atoms with Crippen molar-refractivity contribution in [3.05, 3.63) is 59.1 Å². The van der Waals surface area contributed by atoms with Crippen LogP contribution in [-0.4, -0.2) is 43.2 Å². The monoisotopic (exact) mass is 446 g/mol. The number of anilines is 1. The van der Waals surface area contributed by atoms with Crippen LogP contribution in [0.4, 0.5) is 10.5 Å². The average molecular weight is 447 g/mol. The molecule has 0 unspecified atom stereocenters. The van der Waals surface area contributed by atoms with E-state index >= 15 is 0 Å². The van der Waals surface area contributed by atoms with Crippen LogP contribution >= 0.6 is 15.9 Å². The van der Waals surface area contributed by atoms with Crippen LogP contribution < -0.4 is 10.1 Å². The number of urea groups is 1. The van der Waals surface area contributed by atoms with Gasteiger partial charge in [0, 0.05) is 23.2 Å². The third-order valence-electron chi connectivity index (χ3n) is 4.53. The van der Waals surface area contributed by atoms with E-state index in [1.165, 1.54) is 0 Å². The standard InChI is InChI=1S/C21H23BrN2O4/c22-17-5-4-8-19(15-17)27-13-14-28-20(25)16-9-11-24(12-10-16)21(26)23-18-6-2-1-3-7-18/h1-8,15-16H,9-14H2,(H,23,26). The van der Waals surface area contributed by atoms with Crippen molar-refractivity contribution in [3.8, 4) is 5.75 Å². The summed E-state index contributed by atoms with van der Waals surface area (Å²) in [4.78, 5) is 26.2. The van der Waals surface area contributed by atoms with Gasteiger partial charge in [-0.15, -0.1) is 0 Å². The van der Waals surface area contributed by atoms with E-state index in [2.05, 4.69) is 21.2 Å². The molecule has 1 fully saturated rings. The minimum Gasteiger partial charge on any atom is -0.490 e. The van der Waals surface area contributed by atoms with Crippen molar-refractivity contribution in [2.45, 2.75) is 12.8 Å². The zero-order chi connectivity index (χ0) is 19.8. The molecule has 0 spiro atoms. The molecule has 1 aliphatic heterocycles. The van der Waals surface area contributed by atoms with E-state index in [1.54, 1.807) is 4.90 Å².